The second-order valence-electron chi connectivity index (χ2n) is 21.1. The van der Waals surface area contributed by atoms with Crippen molar-refractivity contribution in [1.82, 2.24) is 34.2 Å². The van der Waals surface area contributed by atoms with Crippen molar-refractivity contribution in [3.63, 3.8) is 0 Å². The Morgan fingerprint density at radius 1 is 0.803 bits per heavy atom. The van der Waals surface area contributed by atoms with Gasteiger partial charge in [-0.1, -0.05) is 70.7 Å². The lowest BCUT2D eigenvalue weighted by atomic mass is 9.77. The van der Waals surface area contributed by atoms with Gasteiger partial charge in [0.05, 0.1) is 6.61 Å². The van der Waals surface area contributed by atoms with Crippen LogP contribution in [0.1, 0.15) is 85.9 Å². The van der Waals surface area contributed by atoms with Crippen molar-refractivity contribution in [1.29, 1.82) is 0 Å². The first-order chi connectivity index (χ1) is 29.1. The molecule has 61 heavy (non-hydrogen) atoms. The van der Waals surface area contributed by atoms with Gasteiger partial charge < -0.3 is 33.6 Å². The highest BCUT2D eigenvalue weighted by molar-refractivity contribution is 6.76. The van der Waals surface area contributed by atoms with Gasteiger partial charge in [-0.15, -0.1) is 0 Å². The van der Waals surface area contributed by atoms with E-state index in [0.717, 1.165) is 42.9 Å². The van der Waals surface area contributed by atoms with Gasteiger partial charge in [-0.25, -0.2) is 9.97 Å². The molecule has 3 fully saturated rings. The normalized spacial score (nSPS) is 18.2. The predicted octanol–water partition coefficient (Wildman–Crippen LogP) is 8.09. The second kappa shape index (κ2) is 21.5. The van der Waals surface area contributed by atoms with Crippen LogP contribution in [0.3, 0.4) is 0 Å². The van der Waals surface area contributed by atoms with Crippen LogP contribution in [0, 0.1) is 10.8 Å². The number of likely N-dealkylation sites (tertiary alicyclic amines) is 2. The molecule has 1 amide bonds. The number of aromatic nitrogens is 4. The number of carbonyl (C=O) groups excluding carboxylic acids is 2. The van der Waals surface area contributed by atoms with Crippen LogP contribution in [0.15, 0.2) is 49.1 Å². The van der Waals surface area contributed by atoms with Crippen molar-refractivity contribution in [2.45, 2.75) is 149 Å². The highest BCUT2D eigenvalue weighted by Crippen LogP contribution is 2.42. The van der Waals surface area contributed by atoms with Crippen LogP contribution in [0.4, 0.5) is 0 Å². The van der Waals surface area contributed by atoms with Crippen LogP contribution in [0.5, 0.6) is 0 Å². The number of esters is 1. The summed E-state index contributed by atoms with van der Waals surface area (Å²) in [4.78, 5) is 41.3. The van der Waals surface area contributed by atoms with Crippen LogP contribution in [0.25, 0.3) is 0 Å². The lowest BCUT2D eigenvalue weighted by molar-refractivity contribution is -0.144. The molecule has 0 unspecified atom stereocenters. The molecule has 12 nitrogen and oxygen atoms in total. The molecule has 2 saturated heterocycles. The number of amides is 1. The number of rotatable bonds is 22. The molecule has 1 spiro atoms. The van der Waals surface area contributed by atoms with Gasteiger partial charge in [-0.3, -0.25) is 14.5 Å². The second-order valence-corrected chi connectivity index (χ2v) is 32.4. The summed E-state index contributed by atoms with van der Waals surface area (Å²) in [7, 11) is -2.50. The summed E-state index contributed by atoms with van der Waals surface area (Å²) in [6.45, 7) is 23.7. The zero-order chi connectivity index (χ0) is 43.5. The number of nitrogens with one attached hydrogen (secondary N) is 1. The lowest BCUT2D eigenvalue weighted by Crippen LogP contribution is -2.46. The number of ether oxygens (including phenoxy) is 3. The van der Waals surface area contributed by atoms with E-state index in [2.05, 4.69) is 66.5 Å². The number of benzene rings is 1. The van der Waals surface area contributed by atoms with Gasteiger partial charge in [-0.2, -0.15) is 0 Å². The van der Waals surface area contributed by atoms with Crippen LogP contribution >= 0.6 is 0 Å². The van der Waals surface area contributed by atoms with Crippen molar-refractivity contribution in [3.8, 4) is 0 Å². The molecular weight excluding hydrogens is 799 g/mol. The smallest absolute Gasteiger partial charge is 0.302 e. The number of carbonyl (C=O) groups is 2. The van der Waals surface area contributed by atoms with Gasteiger partial charge in [0, 0.05) is 111 Å². The van der Waals surface area contributed by atoms with Crippen LogP contribution < -0.4 is 5.32 Å². The van der Waals surface area contributed by atoms with Gasteiger partial charge in [0.15, 0.2) is 0 Å². The molecule has 1 N–H and O–H groups in total. The third-order valence-electron chi connectivity index (χ3n) is 13.4. The predicted molar refractivity (Wildman–Crippen MR) is 248 cm³/mol. The first-order valence-electron chi connectivity index (χ1n) is 23.2. The lowest BCUT2D eigenvalue weighted by Gasteiger charge is -2.43. The summed E-state index contributed by atoms with van der Waals surface area (Å²) >= 11 is 0. The summed E-state index contributed by atoms with van der Waals surface area (Å²) in [5.74, 6) is 1.04. The molecule has 3 aliphatic rings. The fourth-order valence-electron chi connectivity index (χ4n) is 9.37. The molecule has 14 heteroatoms. The zero-order valence-electron chi connectivity index (χ0n) is 38.7. The summed E-state index contributed by atoms with van der Waals surface area (Å²) in [5, 5.41) is 3.25. The van der Waals surface area contributed by atoms with E-state index in [-0.39, 0.29) is 25.0 Å². The Labute approximate surface area is 368 Å². The molecule has 1 aliphatic carbocycles. The Kier molecular flexibility index (Phi) is 16.7. The van der Waals surface area contributed by atoms with Gasteiger partial charge in [0.2, 0.25) is 0 Å². The number of hydrogen-bond acceptors (Lipinski definition) is 9. The van der Waals surface area contributed by atoms with Gasteiger partial charge in [-0.05, 0) is 86.9 Å². The molecular formula is C47H77N7O5Si2. The minimum atomic E-state index is -1.25. The Hall–Kier alpha value is -3.15. The Morgan fingerprint density at radius 3 is 1.90 bits per heavy atom. The summed E-state index contributed by atoms with van der Waals surface area (Å²) in [6, 6.07) is 11.1. The van der Waals surface area contributed by atoms with E-state index in [9.17, 15) is 9.59 Å². The molecule has 0 bridgehead atoms. The maximum Gasteiger partial charge on any atom is 0.302 e. The van der Waals surface area contributed by atoms with Crippen LogP contribution in [0.2, 0.25) is 51.4 Å². The average Bonchev–Trinajstić information content (AvgIpc) is 3.97. The Morgan fingerprint density at radius 2 is 1.36 bits per heavy atom. The van der Waals surface area contributed by atoms with E-state index < -0.39 is 21.6 Å². The zero-order valence-corrected chi connectivity index (χ0v) is 40.7. The fraction of sp³-hybridized carbons (Fsp3) is 0.702. The molecule has 2 aliphatic heterocycles. The number of imidazole rings is 2. The molecule has 1 aromatic carbocycles. The fourth-order valence-corrected chi connectivity index (χ4v) is 10.9. The highest BCUT2D eigenvalue weighted by atomic mass is 28.3. The molecule has 0 radical (unpaired) electrons. The van der Waals surface area contributed by atoms with Crippen molar-refractivity contribution in [2.24, 2.45) is 10.8 Å². The van der Waals surface area contributed by atoms with Gasteiger partial charge in [0.1, 0.15) is 25.1 Å². The number of nitrogens with zero attached hydrogens (tertiary/aromatic N) is 6. The monoisotopic (exact) mass is 876 g/mol. The Balaban J connectivity index is 1.12. The molecule has 3 aromatic rings. The van der Waals surface area contributed by atoms with Crippen molar-refractivity contribution < 1.29 is 23.8 Å². The van der Waals surface area contributed by atoms with E-state index >= 15 is 0 Å². The van der Waals surface area contributed by atoms with E-state index in [0.29, 0.717) is 50.5 Å². The quantitative estimate of drug-likeness (QED) is 0.0608. The number of piperidine rings is 1. The topological polar surface area (TPSA) is 116 Å². The maximum absolute atomic E-state index is 14.0. The van der Waals surface area contributed by atoms with E-state index in [4.69, 9.17) is 24.2 Å². The highest BCUT2D eigenvalue weighted by Gasteiger charge is 2.42. The van der Waals surface area contributed by atoms with Gasteiger partial charge >= 0.3 is 5.97 Å². The van der Waals surface area contributed by atoms with Gasteiger partial charge in [0.25, 0.3) is 5.91 Å². The first-order valence-corrected chi connectivity index (χ1v) is 30.6. The third-order valence-corrected chi connectivity index (χ3v) is 16.8. The molecule has 338 valence electrons. The van der Waals surface area contributed by atoms with Crippen LogP contribution in [-0.2, 0) is 51.9 Å². The average molecular weight is 876 g/mol. The van der Waals surface area contributed by atoms with Crippen molar-refractivity contribution >= 4 is 28.0 Å². The summed E-state index contributed by atoms with van der Waals surface area (Å²) < 4.78 is 22.1. The van der Waals surface area contributed by atoms with Crippen LogP contribution in [-0.4, -0.2) is 116 Å². The first kappa shape index (κ1) is 47.3. The third kappa shape index (κ3) is 14.7. The minimum absolute atomic E-state index is 0.0736. The SMILES string of the molecule is CC(=O)OCC(CNC(=O)c1ccc(CN2CCC3(CCN(C4CCCCC4)CC3)C2)cc1)(Cc1nccn1COCC[Si](C)(C)C)Cc1nccn1COCC[Si](C)(C)C. The summed E-state index contributed by atoms with van der Waals surface area (Å²) in [6.07, 6.45) is 19.2. The molecule has 1 saturated carbocycles. The maximum atomic E-state index is 14.0. The standard InChI is InChI=1S/C47H77N7O5Si2/c1-39(55)59-36-47(31-43-48-20-25-53(43)37-57-27-29-60(2,3)4,32-44-49-21-26-54(44)38-58-28-30-61(5,6)7)34-50-45(56)41-15-13-40(14-16-41)33-51-22-17-46(35-51)18-23-52(24-19-46)42-11-9-8-10-12-42/h13-16,20-21,25-26,42H,8-12,17-19,22-24,27-38H2,1-7H3,(H,50,56). The minimum Gasteiger partial charge on any atom is -0.465 e. The van der Waals surface area contributed by atoms with E-state index in [1.54, 1.807) is 12.4 Å². The molecule has 4 heterocycles. The van der Waals surface area contributed by atoms with E-state index in [1.165, 1.54) is 83.5 Å². The molecule has 2 aromatic heterocycles. The molecule has 0 atom stereocenters. The molecule has 6 rings (SSSR count). The van der Waals surface area contributed by atoms with E-state index in [1.807, 2.05) is 33.7 Å². The summed E-state index contributed by atoms with van der Waals surface area (Å²) in [5.41, 5.74) is 1.52. The van der Waals surface area contributed by atoms with Crippen molar-refractivity contribution in [3.05, 3.63) is 71.8 Å². The largest absolute Gasteiger partial charge is 0.465 e. The van der Waals surface area contributed by atoms with Crippen molar-refractivity contribution in [2.75, 3.05) is 52.5 Å². The Bertz CT molecular complexity index is 1760. The number of hydrogen-bond donors (Lipinski definition) is 1.